The zero-order chi connectivity index (χ0) is 17.2. The Kier molecular flexibility index (Phi) is 4.00. The average molecular weight is 325 g/mol. The molecule has 6 heteroatoms. The van der Waals surface area contributed by atoms with Crippen LogP contribution in [0.25, 0.3) is 16.9 Å². The molecule has 0 bridgehead atoms. The SMILES string of the molecule is CC(F)(F)Oc1ccc(-n2ccc(-c3cccc(C#N)c3)n2)cc1. The molecule has 0 saturated heterocycles. The first-order valence-electron chi connectivity index (χ1n) is 7.18. The van der Waals surface area contributed by atoms with E-state index in [2.05, 4.69) is 15.9 Å². The predicted molar refractivity (Wildman–Crippen MR) is 85.0 cm³/mol. The van der Waals surface area contributed by atoms with E-state index in [1.54, 1.807) is 41.2 Å². The van der Waals surface area contributed by atoms with Gasteiger partial charge in [0, 0.05) is 18.7 Å². The van der Waals surface area contributed by atoms with Gasteiger partial charge in [0.15, 0.2) is 0 Å². The largest absolute Gasteiger partial charge is 0.433 e. The number of hydrogen-bond acceptors (Lipinski definition) is 3. The van der Waals surface area contributed by atoms with Crippen LogP contribution in [0, 0.1) is 11.3 Å². The smallest absolute Gasteiger partial charge is 0.394 e. The molecule has 120 valence electrons. The van der Waals surface area contributed by atoms with E-state index in [-0.39, 0.29) is 5.75 Å². The third kappa shape index (κ3) is 3.58. The van der Waals surface area contributed by atoms with Gasteiger partial charge in [0.05, 0.1) is 23.0 Å². The number of aromatic nitrogens is 2. The third-order valence-corrected chi connectivity index (χ3v) is 3.27. The number of benzene rings is 2. The summed E-state index contributed by atoms with van der Waals surface area (Å²) >= 11 is 0. The molecule has 1 heterocycles. The number of nitrogens with zero attached hydrogens (tertiary/aromatic N) is 3. The third-order valence-electron chi connectivity index (χ3n) is 3.27. The zero-order valence-electron chi connectivity index (χ0n) is 12.8. The molecular formula is C18H13F2N3O. The first-order valence-corrected chi connectivity index (χ1v) is 7.18. The zero-order valence-corrected chi connectivity index (χ0v) is 12.8. The number of hydrogen-bond donors (Lipinski definition) is 0. The number of ether oxygens (including phenoxy) is 1. The van der Waals surface area contributed by atoms with Crippen molar-refractivity contribution in [2.45, 2.75) is 13.0 Å². The monoisotopic (exact) mass is 325 g/mol. The van der Waals surface area contributed by atoms with Gasteiger partial charge in [-0.25, -0.2) is 4.68 Å². The molecule has 0 N–H and O–H groups in total. The molecular weight excluding hydrogens is 312 g/mol. The van der Waals surface area contributed by atoms with Crippen molar-refractivity contribution in [2.75, 3.05) is 0 Å². The normalized spacial score (nSPS) is 11.1. The summed E-state index contributed by atoms with van der Waals surface area (Å²) in [6.07, 6.45) is -1.45. The summed E-state index contributed by atoms with van der Waals surface area (Å²) in [5, 5.41) is 13.4. The van der Waals surface area contributed by atoms with Crippen LogP contribution in [0.4, 0.5) is 8.78 Å². The minimum Gasteiger partial charge on any atom is -0.433 e. The Morgan fingerprint density at radius 1 is 1.12 bits per heavy atom. The van der Waals surface area contributed by atoms with E-state index >= 15 is 0 Å². The molecule has 0 saturated carbocycles. The van der Waals surface area contributed by atoms with Gasteiger partial charge in [-0.3, -0.25) is 0 Å². The number of alkyl halides is 2. The topological polar surface area (TPSA) is 50.8 Å². The molecule has 0 fully saturated rings. The molecule has 2 aromatic carbocycles. The molecule has 0 atom stereocenters. The van der Waals surface area contributed by atoms with Crippen molar-refractivity contribution in [3.8, 4) is 28.8 Å². The number of rotatable bonds is 4. The van der Waals surface area contributed by atoms with E-state index < -0.39 is 6.11 Å². The summed E-state index contributed by atoms with van der Waals surface area (Å²) in [6, 6.07) is 17.3. The Balaban J connectivity index is 1.84. The Bertz CT molecular complexity index is 890. The molecule has 0 aliphatic rings. The van der Waals surface area contributed by atoms with Gasteiger partial charge < -0.3 is 4.74 Å². The lowest BCUT2D eigenvalue weighted by Gasteiger charge is -2.13. The lowest BCUT2D eigenvalue weighted by molar-refractivity contribution is -0.158. The van der Waals surface area contributed by atoms with E-state index in [1.807, 2.05) is 12.1 Å². The molecule has 0 aliphatic heterocycles. The van der Waals surface area contributed by atoms with Gasteiger partial charge in [-0.2, -0.15) is 19.1 Å². The van der Waals surface area contributed by atoms with Gasteiger partial charge >= 0.3 is 6.11 Å². The quantitative estimate of drug-likeness (QED) is 0.714. The lowest BCUT2D eigenvalue weighted by atomic mass is 10.1. The second kappa shape index (κ2) is 6.13. The van der Waals surface area contributed by atoms with Gasteiger partial charge in [-0.05, 0) is 42.5 Å². The fourth-order valence-electron chi connectivity index (χ4n) is 2.24. The maximum Gasteiger partial charge on any atom is 0.394 e. The van der Waals surface area contributed by atoms with Gasteiger partial charge in [0.25, 0.3) is 0 Å². The summed E-state index contributed by atoms with van der Waals surface area (Å²) in [7, 11) is 0. The maximum absolute atomic E-state index is 12.8. The number of nitriles is 1. The predicted octanol–water partition coefficient (Wildman–Crippen LogP) is 4.40. The van der Waals surface area contributed by atoms with Crippen LogP contribution in [-0.2, 0) is 0 Å². The van der Waals surface area contributed by atoms with Gasteiger partial charge in [0.2, 0.25) is 0 Å². The van der Waals surface area contributed by atoms with Crippen LogP contribution in [0.2, 0.25) is 0 Å². The first-order chi connectivity index (χ1) is 11.4. The Labute approximate surface area is 137 Å². The molecule has 1 aromatic heterocycles. The summed E-state index contributed by atoms with van der Waals surface area (Å²) < 4.78 is 31.8. The molecule has 3 rings (SSSR count). The Morgan fingerprint density at radius 3 is 2.54 bits per heavy atom. The van der Waals surface area contributed by atoms with E-state index in [9.17, 15) is 8.78 Å². The summed E-state index contributed by atoms with van der Waals surface area (Å²) in [6.45, 7) is 0.691. The van der Waals surface area contributed by atoms with Crippen LogP contribution in [-0.4, -0.2) is 15.9 Å². The highest BCUT2D eigenvalue weighted by Crippen LogP contribution is 2.23. The van der Waals surface area contributed by atoms with E-state index in [0.29, 0.717) is 23.9 Å². The Hall–Kier alpha value is -3.20. The summed E-state index contributed by atoms with van der Waals surface area (Å²) in [4.78, 5) is 0. The Morgan fingerprint density at radius 2 is 1.88 bits per heavy atom. The van der Waals surface area contributed by atoms with E-state index in [4.69, 9.17) is 5.26 Å². The highest BCUT2D eigenvalue weighted by molar-refractivity contribution is 5.61. The van der Waals surface area contributed by atoms with Crippen LogP contribution in [0.1, 0.15) is 12.5 Å². The van der Waals surface area contributed by atoms with E-state index in [1.165, 1.54) is 12.1 Å². The van der Waals surface area contributed by atoms with Crippen LogP contribution in [0.15, 0.2) is 60.8 Å². The highest BCUT2D eigenvalue weighted by atomic mass is 19.3. The van der Waals surface area contributed by atoms with Crippen molar-refractivity contribution >= 4 is 0 Å². The standard InChI is InChI=1S/C18H13F2N3O/c1-18(19,20)24-16-7-5-15(6-8-16)23-10-9-17(22-23)14-4-2-3-13(11-14)12-21/h2-11H,1H3. The van der Waals surface area contributed by atoms with Crippen LogP contribution < -0.4 is 4.74 Å². The van der Waals surface area contributed by atoms with Gasteiger partial charge in [-0.1, -0.05) is 12.1 Å². The molecule has 0 amide bonds. The van der Waals surface area contributed by atoms with Crippen LogP contribution >= 0.6 is 0 Å². The van der Waals surface area contributed by atoms with E-state index in [0.717, 1.165) is 5.56 Å². The molecule has 0 spiro atoms. The number of halogens is 2. The minimum absolute atomic E-state index is 0.0837. The average Bonchev–Trinajstić information content (AvgIpc) is 3.04. The highest BCUT2D eigenvalue weighted by Gasteiger charge is 2.22. The molecule has 3 aromatic rings. The van der Waals surface area contributed by atoms with Crippen molar-refractivity contribution in [3.05, 3.63) is 66.4 Å². The van der Waals surface area contributed by atoms with Crippen LogP contribution in [0.5, 0.6) is 5.75 Å². The molecule has 24 heavy (non-hydrogen) atoms. The molecule has 4 nitrogen and oxygen atoms in total. The van der Waals surface area contributed by atoms with Gasteiger partial charge in [0.1, 0.15) is 5.75 Å². The first kappa shape index (κ1) is 15.7. The second-order valence-corrected chi connectivity index (χ2v) is 5.24. The van der Waals surface area contributed by atoms with Crippen molar-refractivity contribution in [3.63, 3.8) is 0 Å². The lowest BCUT2D eigenvalue weighted by Crippen LogP contribution is -2.19. The maximum atomic E-state index is 12.8. The summed E-state index contributed by atoms with van der Waals surface area (Å²) in [5.74, 6) is 0.0837. The van der Waals surface area contributed by atoms with Crippen molar-refractivity contribution in [1.82, 2.24) is 9.78 Å². The molecule has 0 unspecified atom stereocenters. The fourth-order valence-corrected chi connectivity index (χ4v) is 2.24. The molecule has 0 radical (unpaired) electrons. The van der Waals surface area contributed by atoms with Crippen LogP contribution in [0.3, 0.4) is 0 Å². The van der Waals surface area contributed by atoms with Crippen molar-refractivity contribution in [1.29, 1.82) is 5.26 Å². The van der Waals surface area contributed by atoms with Gasteiger partial charge in [-0.15, -0.1) is 0 Å². The van der Waals surface area contributed by atoms with Crippen molar-refractivity contribution in [2.24, 2.45) is 0 Å². The minimum atomic E-state index is -3.22. The molecule has 0 aliphatic carbocycles. The second-order valence-electron chi connectivity index (χ2n) is 5.24. The summed E-state index contributed by atoms with van der Waals surface area (Å²) in [5.41, 5.74) is 2.82. The van der Waals surface area contributed by atoms with Crippen molar-refractivity contribution < 1.29 is 13.5 Å². The fraction of sp³-hybridized carbons (Fsp3) is 0.111.